The van der Waals surface area contributed by atoms with E-state index in [4.69, 9.17) is 0 Å². The summed E-state index contributed by atoms with van der Waals surface area (Å²) in [7, 11) is -2.23. The van der Waals surface area contributed by atoms with Gasteiger partial charge in [-0.1, -0.05) is 19.1 Å². The second-order valence-corrected chi connectivity index (χ2v) is 10.6. The molecule has 7 nitrogen and oxygen atoms in total. The fourth-order valence-electron chi connectivity index (χ4n) is 4.16. The summed E-state index contributed by atoms with van der Waals surface area (Å²) < 4.78 is 67.2. The predicted molar refractivity (Wildman–Crippen MR) is 118 cm³/mol. The third-order valence-electron chi connectivity index (χ3n) is 6.32. The Hall–Kier alpha value is -3.52. The molecule has 0 unspecified atom stereocenters. The third kappa shape index (κ3) is 3.32. The molecule has 5 rings (SSSR count). The van der Waals surface area contributed by atoms with E-state index in [0.29, 0.717) is 16.3 Å². The van der Waals surface area contributed by atoms with Crippen molar-refractivity contribution in [2.24, 2.45) is 7.05 Å². The molecule has 1 fully saturated rings. The van der Waals surface area contributed by atoms with Gasteiger partial charge in [0.05, 0.1) is 34.5 Å². The third-order valence-corrected chi connectivity index (χ3v) is 8.12. The number of benzene rings is 1. The van der Waals surface area contributed by atoms with E-state index < -0.39 is 27.1 Å². The van der Waals surface area contributed by atoms with Crippen LogP contribution in [0.1, 0.15) is 31.0 Å². The molecule has 0 bridgehead atoms. The highest BCUT2D eigenvalue weighted by Crippen LogP contribution is 2.48. The Balaban J connectivity index is 1.77. The molecule has 3 aromatic heterocycles. The quantitative estimate of drug-likeness (QED) is 0.420. The number of alkyl halides is 3. The number of pyridine rings is 2. The number of nitrogens with zero attached hydrogens (tertiary/aromatic N) is 5. The number of fused-ring (bicyclic) bond motifs is 2. The van der Waals surface area contributed by atoms with Crippen molar-refractivity contribution >= 4 is 31.6 Å². The SMILES string of the molecule is CCS(=O)(=O)c1c(-c2nc3cc(C(F)(F)F)ncc3n2C)ncc2cc(C3(C#N)CC3)ccc12. The Morgan fingerprint density at radius 2 is 1.91 bits per heavy atom. The summed E-state index contributed by atoms with van der Waals surface area (Å²) in [6.45, 7) is 1.51. The van der Waals surface area contributed by atoms with Crippen LogP contribution < -0.4 is 0 Å². The van der Waals surface area contributed by atoms with Crippen molar-refractivity contribution in [3.05, 3.63) is 47.9 Å². The zero-order valence-electron chi connectivity index (χ0n) is 18.2. The van der Waals surface area contributed by atoms with Crippen molar-refractivity contribution in [1.29, 1.82) is 5.26 Å². The second kappa shape index (κ2) is 7.24. The molecule has 0 spiro atoms. The number of halogens is 3. The summed E-state index contributed by atoms with van der Waals surface area (Å²) in [5.74, 6) is -0.0844. The molecule has 0 N–H and O–H groups in total. The average Bonchev–Trinajstić information content (AvgIpc) is 3.55. The highest BCUT2D eigenvalue weighted by molar-refractivity contribution is 7.91. The van der Waals surface area contributed by atoms with Gasteiger partial charge in [0.25, 0.3) is 0 Å². The van der Waals surface area contributed by atoms with E-state index in [1.165, 1.54) is 17.7 Å². The Kier molecular flexibility index (Phi) is 4.74. The van der Waals surface area contributed by atoms with Gasteiger partial charge in [-0.05, 0) is 30.5 Å². The second-order valence-electron chi connectivity index (χ2n) is 8.39. The molecule has 1 aromatic carbocycles. The van der Waals surface area contributed by atoms with Gasteiger partial charge in [-0.3, -0.25) is 4.98 Å². The van der Waals surface area contributed by atoms with Gasteiger partial charge < -0.3 is 4.57 Å². The maximum absolute atomic E-state index is 13.2. The van der Waals surface area contributed by atoms with Crippen molar-refractivity contribution in [1.82, 2.24) is 19.5 Å². The first kappa shape index (κ1) is 22.3. The standard InChI is InChI=1S/C23H18F3N5O2S/c1-3-34(32,33)20-15-5-4-14(22(12-27)6-7-22)8-13(15)10-29-19(20)21-30-16-9-18(23(24,25)26)28-11-17(16)31(21)2/h4-5,8-11H,3,6-7H2,1-2H3. The topological polar surface area (TPSA) is 102 Å². The van der Waals surface area contributed by atoms with Gasteiger partial charge in [0.15, 0.2) is 15.7 Å². The van der Waals surface area contributed by atoms with Gasteiger partial charge in [-0.15, -0.1) is 0 Å². The van der Waals surface area contributed by atoms with Gasteiger partial charge >= 0.3 is 6.18 Å². The van der Waals surface area contributed by atoms with Gasteiger partial charge in [-0.2, -0.15) is 18.4 Å². The lowest BCUT2D eigenvalue weighted by Gasteiger charge is -2.14. The molecule has 1 saturated carbocycles. The number of rotatable bonds is 4. The molecule has 3 heterocycles. The van der Waals surface area contributed by atoms with Crippen LogP contribution in [0.15, 0.2) is 41.6 Å². The number of imidazole rings is 1. The van der Waals surface area contributed by atoms with Crippen molar-refractivity contribution in [3.63, 3.8) is 0 Å². The Bertz CT molecular complexity index is 1630. The van der Waals surface area contributed by atoms with E-state index in [1.54, 1.807) is 25.2 Å². The summed E-state index contributed by atoms with van der Waals surface area (Å²) in [6.07, 6.45) is -0.575. The minimum atomic E-state index is -4.64. The minimum Gasteiger partial charge on any atom is -0.324 e. The van der Waals surface area contributed by atoms with E-state index in [1.807, 2.05) is 0 Å². The van der Waals surface area contributed by atoms with Crippen LogP contribution in [0.25, 0.3) is 33.3 Å². The molecule has 0 aliphatic heterocycles. The molecular weight excluding hydrogens is 467 g/mol. The zero-order chi connectivity index (χ0) is 24.5. The molecule has 4 aromatic rings. The monoisotopic (exact) mass is 485 g/mol. The molecule has 0 saturated heterocycles. The van der Waals surface area contributed by atoms with Crippen LogP contribution in [0.5, 0.6) is 0 Å². The number of hydrogen-bond acceptors (Lipinski definition) is 6. The Morgan fingerprint density at radius 1 is 1.18 bits per heavy atom. The van der Waals surface area contributed by atoms with Crippen LogP contribution in [0.2, 0.25) is 0 Å². The van der Waals surface area contributed by atoms with E-state index >= 15 is 0 Å². The maximum Gasteiger partial charge on any atom is 0.433 e. The van der Waals surface area contributed by atoms with Crippen molar-refractivity contribution in [3.8, 4) is 17.6 Å². The van der Waals surface area contributed by atoms with Gasteiger partial charge in [0, 0.05) is 24.0 Å². The van der Waals surface area contributed by atoms with Crippen LogP contribution in [-0.2, 0) is 28.5 Å². The van der Waals surface area contributed by atoms with E-state index in [9.17, 15) is 26.9 Å². The summed E-state index contributed by atoms with van der Waals surface area (Å²) in [5.41, 5.74) is -0.429. The predicted octanol–water partition coefficient (Wildman–Crippen LogP) is 4.55. The van der Waals surface area contributed by atoms with Gasteiger partial charge in [0.1, 0.15) is 16.3 Å². The first-order valence-electron chi connectivity index (χ1n) is 10.5. The number of sulfone groups is 1. The summed E-state index contributed by atoms with van der Waals surface area (Å²) in [5, 5.41) is 10.5. The minimum absolute atomic E-state index is 0.0293. The van der Waals surface area contributed by atoms with E-state index in [0.717, 1.165) is 30.7 Å². The molecule has 1 aliphatic rings. The Morgan fingerprint density at radius 3 is 2.53 bits per heavy atom. The molecule has 0 atom stereocenters. The van der Waals surface area contributed by atoms with Gasteiger partial charge in [0.2, 0.25) is 0 Å². The maximum atomic E-state index is 13.2. The zero-order valence-corrected chi connectivity index (χ0v) is 19.0. The number of hydrogen-bond donors (Lipinski definition) is 0. The molecular formula is C23H18F3N5O2S. The van der Waals surface area contributed by atoms with E-state index in [-0.39, 0.29) is 27.7 Å². The smallest absolute Gasteiger partial charge is 0.324 e. The van der Waals surface area contributed by atoms with Crippen molar-refractivity contribution < 1.29 is 21.6 Å². The summed E-state index contributed by atoms with van der Waals surface area (Å²) in [4.78, 5) is 12.1. The number of nitriles is 1. The van der Waals surface area contributed by atoms with Crippen LogP contribution >= 0.6 is 0 Å². The van der Waals surface area contributed by atoms with Crippen LogP contribution in [0, 0.1) is 11.3 Å². The lowest BCUT2D eigenvalue weighted by atomic mass is 9.95. The molecule has 34 heavy (non-hydrogen) atoms. The van der Waals surface area contributed by atoms with Crippen molar-refractivity contribution in [2.75, 3.05) is 5.75 Å². The van der Waals surface area contributed by atoms with Crippen LogP contribution in [0.4, 0.5) is 13.2 Å². The van der Waals surface area contributed by atoms with Gasteiger partial charge in [-0.25, -0.2) is 18.4 Å². The lowest BCUT2D eigenvalue weighted by Crippen LogP contribution is -2.10. The highest BCUT2D eigenvalue weighted by atomic mass is 32.2. The normalized spacial score (nSPS) is 15.5. The number of aryl methyl sites for hydroxylation is 1. The fourth-order valence-corrected chi connectivity index (χ4v) is 5.41. The molecule has 0 radical (unpaired) electrons. The molecule has 1 aliphatic carbocycles. The molecule has 174 valence electrons. The summed E-state index contributed by atoms with van der Waals surface area (Å²) >= 11 is 0. The first-order valence-corrected chi connectivity index (χ1v) is 12.1. The molecule has 11 heteroatoms. The molecule has 0 amide bonds. The fraction of sp³-hybridized carbons (Fsp3) is 0.304. The largest absolute Gasteiger partial charge is 0.433 e. The van der Waals surface area contributed by atoms with Crippen LogP contribution in [0.3, 0.4) is 0 Å². The first-order chi connectivity index (χ1) is 16.0. The Labute approximate surface area is 192 Å². The lowest BCUT2D eigenvalue weighted by molar-refractivity contribution is -0.141. The summed E-state index contributed by atoms with van der Waals surface area (Å²) in [6, 6.07) is 8.36. The van der Waals surface area contributed by atoms with Crippen LogP contribution in [-0.4, -0.2) is 33.7 Å². The van der Waals surface area contributed by atoms with Crippen molar-refractivity contribution in [2.45, 2.75) is 36.3 Å². The average molecular weight is 485 g/mol. The van der Waals surface area contributed by atoms with E-state index in [2.05, 4.69) is 21.0 Å². The highest BCUT2D eigenvalue weighted by Gasteiger charge is 2.45. The number of aromatic nitrogens is 4.